The maximum atomic E-state index is 10.5. The first-order chi connectivity index (χ1) is 9.15. The van der Waals surface area contributed by atoms with Gasteiger partial charge in [-0.2, -0.15) is 5.26 Å². The Balaban J connectivity index is 1.86. The fraction of sp³-hybridized carbons (Fsp3) is 0.643. The summed E-state index contributed by atoms with van der Waals surface area (Å²) < 4.78 is 0. The zero-order chi connectivity index (χ0) is 13.7. The zero-order valence-electron chi connectivity index (χ0n) is 11.3. The van der Waals surface area contributed by atoms with E-state index in [9.17, 15) is 5.11 Å². The number of nitriles is 1. The number of hydrogen-bond acceptors (Lipinski definition) is 5. The van der Waals surface area contributed by atoms with Crippen LogP contribution < -0.4 is 5.32 Å². The highest BCUT2D eigenvalue weighted by Gasteiger charge is 2.32. The van der Waals surface area contributed by atoms with Gasteiger partial charge in [0.05, 0.1) is 18.0 Å². The number of hydrogen-bond donors (Lipinski definition) is 2. The summed E-state index contributed by atoms with van der Waals surface area (Å²) >= 11 is 0. The van der Waals surface area contributed by atoms with Gasteiger partial charge in [0, 0.05) is 6.54 Å². The third-order valence-corrected chi connectivity index (χ3v) is 3.98. The predicted molar refractivity (Wildman–Crippen MR) is 72.4 cm³/mol. The highest BCUT2D eigenvalue weighted by atomic mass is 16.3. The summed E-state index contributed by atoms with van der Waals surface area (Å²) in [5.41, 5.74) is -0.339. The molecule has 0 saturated heterocycles. The predicted octanol–water partition coefficient (Wildman–Crippen LogP) is 2.09. The SMILES string of the molecule is CCC1CCC(O)(CNc2cnc(C#N)cn2)CC1. The van der Waals surface area contributed by atoms with Gasteiger partial charge < -0.3 is 10.4 Å². The van der Waals surface area contributed by atoms with Crippen LogP contribution in [0.1, 0.15) is 44.7 Å². The molecule has 2 N–H and O–H groups in total. The molecule has 0 radical (unpaired) electrons. The Morgan fingerprint density at radius 3 is 2.68 bits per heavy atom. The molecule has 0 atom stereocenters. The van der Waals surface area contributed by atoms with Gasteiger partial charge in [0.25, 0.3) is 0 Å². The topological polar surface area (TPSA) is 81.8 Å². The van der Waals surface area contributed by atoms with Gasteiger partial charge in [-0.1, -0.05) is 13.3 Å². The molecule has 1 fully saturated rings. The average Bonchev–Trinajstić information content (AvgIpc) is 2.47. The molecule has 1 saturated carbocycles. The lowest BCUT2D eigenvalue weighted by Crippen LogP contribution is -2.40. The number of anilines is 1. The van der Waals surface area contributed by atoms with Crippen LogP contribution in [-0.2, 0) is 0 Å². The first-order valence-corrected chi connectivity index (χ1v) is 6.83. The van der Waals surface area contributed by atoms with Crippen molar-refractivity contribution >= 4 is 5.82 Å². The van der Waals surface area contributed by atoms with Gasteiger partial charge in [0.1, 0.15) is 11.9 Å². The van der Waals surface area contributed by atoms with Crippen LogP contribution in [0.15, 0.2) is 12.4 Å². The van der Waals surface area contributed by atoms with Crippen molar-refractivity contribution in [2.75, 3.05) is 11.9 Å². The Bertz CT molecular complexity index is 444. The molecule has 19 heavy (non-hydrogen) atoms. The van der Waals surface area contributed by atoms with Crippen LogP contribution in [0.2, 0.25) is 0 Å². The molecule has 0 bridgehead atoms. The number of rotatable bonds is 4. The summed E-state index contributed by atoms with van der Waals surface area (Å²) in [6.07, 6.45) is 8.01. The van der Waals surface area contributed by atoms with Crippen molar-refractivity contribution in [2.45, 2.75) is 44.6 Å². The van der Waals surface area contributed by atoms with Crippen LogP contribution >= 0.6 is 0 Å². The number of nitrogens with zero attached hydrogens (tertiary/aromatic N) is 3. The highest BCUT2D eigenvalue weighted by Crippen LogP contribution is 2.33. The van der Waals surface area contributed by atoms with Crippen LogP contribution in [0.5, 0.6) is 0 Å². The molecule has 5 heteroatoms. The van der Waals surface area contributed by atoms with Gasteiger partial charge in [-0.3, -0.25) is 0 Å². The summed E-state index contributed by atoms with van der Waals surface area (Å²) in [6.45, 7) is 2.70. The molecule has 1 aliphatic carbocycles. The largest absolute Gasteiger partial charge is 0.388 e. The molecule has 0 aliphatic heterocycles. The van der Waals surface area contributed by atoms with E-state index < -0.39 is 5.60 Å². The van der Waals surface area contributed by atoms with Gasteiger partial charge in [0.2, 0.25) is 0 Å². The minimum atomic E-state index is -0.638. The molecule has 1 aromatic heterocycles. The van der Waals surface area contributed by atoms with Crippen LogP contribution in [0.4, 0.5) is 5.82 Å². The molecule has 0 amide bonds. The Hall–Kier alpha value is -1.67. The third-order valence-electron chi connectivity index (χ3n) is 3.98. The van der Waals surface area contributed by atoms with Crippen molar-refractivity contribution in [1.82, 2.24) is 9.97 Å². The molecule has 102 valence electrons. The fourth-order valence-electron chi connectivity index (χ4n) is 2.53. The summed E-state index contributed by atoms with van der Waals surface area (Å²) in [7, 11) is 0. The fourth-order valence-corrected chi connectivity index (χ4v) is 2.53. The van der Waals surface area contributed by atoms with E-state index in [0.29, 0.717) is 18.1 Å². The molecular formula is C14H20N4O. The van der Waals surface area contributed by atoms with E-state index in [1.54, 1.807) is 0 Å². The minimum Gasteiger partial charge on any atom is -0.388 e. The van der Waals surface area contributed by atoms with Crippen LogP contribution in [0, 0.1) is 17.2 Å². The van der Waals surface area contributed by atoms with Gasteiger partial charge in [-0.05, 0) is 31.6 Å². The second-order valence-electron chi connectivity index (χ2n) is 5.33. The summed E-state index contributed by atoms with van der Waals surface area (Å²) in [4.78, 5) is 8.03. The van der Waals surface area contributed by atoms with Gasteiger partial charge in [0.15, 0.2) is 5.69 Å². The zero-order valence-corrected chi connectivity index (χ0v) is 11.3. The summed E-state index contributed by atoms with van der Waals surface area (Å²) in [6, 6.07) is 1.93. The average molecular weight is 260 g/mol. The molecule has 0 unspecified atom stereocenters. The van der Waals surface area contributed by atoms with Gasteiger partial charge in [-0.25, -0.2) is 9.97 Å². The number of aliphatic hydroxyl groups is 1. The van der Waals surface area contributed by atoms with Crippen LogP contribution in [-0.4, -0.2) is 27.2 Å². The second-order valence-corrected chi connectivity index (χ2v) is 5.33. The molecule has 1 heterocycles. The number of nitrogens with one attached hydrogen (secondary N) is 1. The van der Waals surface area contributed by atoms with E-state index in [1.807, 2.05) is 6.07 Å². The van der Waals surface area contributed by atoms with Crippen molar-refractivity contribution in [1.29, 1.82) is 5.26 Å². The third kappa shape index (κ3) is 3.65. The summed E-state index contributed by atoms with van der Waals surface area (Å²) in [5.74, 6) is 1.36. The van der Waals surface area contributed by atoms with E-state index in [2.05, 4.69) is 22.2 Å². The quantitative estimate of drug-likeness (QED) is 0.866. The molecule has 1 aromatic rings. The lowest BCUT2D eigenvalue weighted by atomic mass is 9.78. The normalized spacial score (nSPS) is 26.7. The van der Waals surface area contributed by atoms with E-state index in [4.69, 9.17) is 5.26 Å². The summed E-state index contributed by atoms with van der Waals surface area (Å²) in [5, 5.41) is 22.2. The lowest BCUT2D eigenvalue weighted by molar-refractivity contribution is 0.00222. The van der Waals surface area contributed by atoms with Gasteiger partial charge in [-0.15, -0.1) is 0 Å². The van der Waals surface area contributed by atoms with Crippen molar-refractivity contribution in [2.24, 2.45) is 5.92 Å². The Kier molecular flexibility index (Phi) is 4.33. The molecule has 0 aromatic carbocycles. The van der Waals surface area contributed by atoms with Crippen molar-refractivity contribution < 1.29 is 5.11 Å². The smallest absolute Gasteiger partial charge is 0.158 e. The van der Waals surface area contributed by atoms with Crippen molar-refractivity contribution in [3.05, 3.63) is 18.1 Å². The first kappa shape index (κ1) is 13.8. The highest BCUT2D eigenvalue weighted by molar-refractivity contribution is 5.33. The van der Waals surface area contributed by atoms with Crippen molar-refractivity contribution in [3.8, 4) is 6.07 Å². The van der Waals surface area contributed by atoms with E-state index >= 15 is 0 Å². The second kappa shape index (κ2) is 5.98. The maximum absolute atomic E-state index is 10.5. The molecule has 0 spiro atoms. The standard InChI is InChI=1S/C14H20N4O/c1-2-11-3-5-14(19,6-4-11)10-18-13-9-16-12(7-15)8-17-13/h8-9,11,19H,2-6,10H2,1H3,(H,17,18). The van der Waals surface area contributed by atoms with Gasteiger partial charge >= 0.3 is 0 Å². The van der Waals surface area contributed by atoms with E-state index in [0.717, 1.165) is 31.6 Å². The van der Waals surface area contributed by atoms with E-state index in [-0.39, 0.29) is 0 Å². The lowest BCUT2D eigenvalue weighted by Gasteiger charge is -2.35. The number of aromatic nitrogens is 2. The molecule has 5 nitrogen and oxygen atoms in total. The monoisotopic (exact) mass is 260 g/mol. The van der Waals surface area contributed by atoms with E-state index in [1.165, 1.54) is 18.8 Å². The first-order valence-electron chi connectivity index (χ1n) is 6.83. The van der Waals surface area contributed by atoms with Crippen molar-refractivity contribution in [3.63, 3.8) is 0 Å². The Labute approximate surface area is 113 Å². The maximum Gasteiger partial charge on any atom is 0.158 e. The minimum absolute atomic E-state index is 0.299. The molecule has 2 rings (SSSR count). The molecular weight excluding hydrogens is 240 g/mol. The van der Waals surface area contributed by atoms with Crippen LogP contribution in [0.25, 0.3) is 0 Å². The van der Waals surface area contributed by atoms with Crippen LogP contribution in [0.3, 0.4) is 0 Å². The molecule has 1 aliphatic rings. The Morgan fingerprint density at radius 1 is 1.42 bits per heavy atom. The Morgan fingerprint density at radius 2 is 2.16 bits per heavy atom.